The number of phosphoric acid groups is 1. The quantitative estimate of drug-likeness (QED) is 0.0211. The third-order valence-electron chi connectivity index (χ3n) is 15.0. The molecule has 0 aromatic heterocycles. The van der Waals surface area contributed by atoms with Crippen LogP contribution < -0.4 is 0 Å². The smallest absolute Gasteiger partial charge is 0.462 e. The molecule has 0 fully saturated rings. The van der Waals surface area contributed by atoms with Crippen LogP contribution in [0.15, 0.2) is 122 Å². The lowest BCUT2D eigenvalue weighted by Crippen LogP contribution is -2.37. The Bertz CT molecular complexity index is 1870. The van der Waals surface area contributed by atoms with E-state index in [4.69, 9.17) is 18.5 Å². The summed E-state index contributed by atoms with van der Waals surface area (Å²) in [5.41, 5.74) is 0. The molecule has 0 radical (unpaired) electrons. The lowest BCUT2D eigenvalue weighted by molar-refractivity contribution is -0.870. The highest BCUT2D eigenvalue weighted by Gasteiger charge is 2.27. The highest BCUT2D eigenvalue weighted by Crippen LogP contribution is 2.43. The zero-order chi connectivity index (χ0) is 62.6. The van der Waals surface area contributed by atoms with Crippen LogP contribution in [0.1, 0.15) is 296 Å². The summed E-state index contributed by atoms with van der Waals surface area (Å²) < 4.78 is 34.7. The molecule has 0 saturated carbocycles. The van der Waals surface area contributed by atoms with Crippen LogP contribution in [-0.4, -0.2) is 74.9 Å². The number of hydrogen-bond donors (Lipinski definition) is 1. The molecule has 0 spiro atoms. The van der Waals surface area contributed by atoms with Crippen molar-refractivity contribution in [2.75, 3.05) is 47.5 Å². The SMILES string of the molecule is CC/C=C\C/C=C\C/C=C\C/C=C\C/C=C\CCCCCCCCCCCCCCCCCC(=O)OCC(COP(=O)(O)OCC[N+](C)(C)C)OC(=O)CCCCCCCCCCCCCCCCC/C=C\C/C=C\C/C=C\C/C=C\C/C=C\CC. The van der Waals surface area contributed by atoms with E-state index in [9.17, 15) is 19.0 Å². The molecule has 1 N–H and O–H groups in total. The number of likely N-dealkylation sites (N-methyl/N-ethyl adjacent to an activating group) is 1. The molecule has 2 atom stereocenters. The molecule has 2 unspecified atom stereocenters. The summed E-state index contributed by atoms with van der Waals surface area (Å²) >= 11 is 0. The minimum Gasteiger partial charge on any atom is -0.462 e. The van der Waals surface area contributed by atoms with E-state index in [0.29, 0.717) is 17.4 Å². The lowest BCUT2D eigenvalue weighted by atomic mass is 10.0. The molecule has 0 aliphatic carbocycles. The maximum absolute atomic E-state index is 12.9. The normalized spacial score (nSPS) is 13.9. The van der Waals surface area contributed by atoms with E-state index in [1.807, 2.05) is 21.1 Å². The van der Waals surface area contributed by atoms with Gasteiger partial charge in [0.25, 0.3) is 0 Å². The molecule has 0 amide bonds. The summed E-state index contributed by atoms with van der Waals surface area (Å²) in [5, 5.41) is 0. The fourth-order valence-corrected chi connectivity index (χ4v) is 10.4. The minimum absolute atomic E-state index is 0.0282. The number of ether oxygens (including phenoxy) is 2. The monoisotopic (exact) mass is 1220 g/mol. The van der Waals surface area contributed by atoms with Crippen molar-refractivity contribution in [3.05, 3.63) is 122 Å². The average Bonchev–Trinajstić information content (AvgIpc) is 3.64. The van der Waals surface area contributed by atoms with E-state index >= 15 is 0 Å². The first-order chi connectivity index (χ1) is 42.0. The Labute approximate surface area is 530 Å². The molecule has 0 aliphatic rings. The Morgan fingerprint density at radius 3 is 0.930 bits per heavy atom. The number of phosphoric ester groups is 1. The first kappa shape index (κ1) is 82.4. The van der Waals surface area contributed by atoms with E-state index in [0.717, 1.165) is 103 Å². The first-order valence-corrected chi connectivity index (χ1v) is 36.8. The maximum atomic E-state index is 12.9. The molecule has 0 heterocycles. The van der Waals surface area contributed by atoms with E-state index in [2.05, 4.69) is 135 Å². The Kier molecular flexibility index (Phi) is 63.1. The van der Waals surface area contributed by atoms with E-state index in [-0.39, 0.29) is 32.0 Å². The number of carbonyl (C=O) groups is 2. The summed E-state index contributed by atoms with van der Waals surface area (Å²) in [7, 11) is 1.48. The molecule has 0 saturated heterocycles. The van der Waals surface area contributed by atoms with Crippen molar-refractivity contribution in [3.63, 3.8) is 0 Å². The van der Waals surface area contributed by atoms with Crippen LogP contribution >= 0.6 is 7.82 Å². The molecule has 9 nitrogen and oxygen atoms in total. The predicted octanol–water partition coefficient (Wildman–Crippen LogP) is 23.0. The molecule has 0 aromatic carbocycles. The molecule has 0 aliphatic heterocycles. The molecular formula is C76H133NO8P+. The fourth-order valence-electron chi connectivity index (χ4n) is 9.66. The predicted molar refractivity (Wildman–Crippen MR) is 371 cm³/mol. The van der Waals surface area contributed by atoms with Crippen molar-refractivity contribution in [3.8, 4) is 0 Å². The molecule has 10 heteroatoms. The van der Waals surface area contributed by atoms with Gasteiger partial charge in [0, 0.05) is 12.8 Å². The summed E-state index contributed by atoms with van der Waals surface area (Å²) in [6, 6.07) is 0. The zero-order valence-electron chi connectivity index (χ0n) is 56.3. The molecule has 0 bridgehead atoms. The van der Waals surface area contributed by atoms with Crippen LogP contribution in [0.25, 0.3) is 0 Å². The van der Waals surface area contributed by atoms with Crippen LogP contribution in [0.2, 0.25) is 0 Å². The van der Waals surface area contributed by atoms with Gasteiger partial charge < -0.3 is 18.9 Å². The van der Waals surface area contributed by atoms with Crippen LogP contribution in [-0.2, 0) is 32.7 Å². The van der Waals surface area contributed by atoms with Crippen molar-refractivity contribution >= 4 is 19.8 Å². The largest absolute Gasteiger partial charge is 0.472 e. The molecular weight excluding hydrogens is 1090 g/mol. The number of nitrogens with zero attached hydrogens (tertiary/aromatic N) is 1. The third kappa shape index (κ3) is 69.5. The van der Waals surface area contributed by atoms with Gasteiger partial charge in [0.1, 0.15) is 19.8 Å². The second-order valence-corrected chi connectivity index (χ2v) is 26.0. The van der Waals surface area contributed by atoms with Gasteiger partial charge in [0.15, 0.2) is 6.10 Å². The summed E-state index contributed by atoms with van der Waals surface area (Å²) in [6.07, 6.45) is 94.4. The van der Waals surface area contributed by atoms with Gasteiger partial charge in [-0.05, 0) is 103 Å². The van der Waals surface area contributed by atoms with Gasteiger partial charge in [-0.1, -0.05) is 302 Å². The average molecular weight is 1220 g/mol. The molecule has 86 heavy (non-hydrogen) atoms. The van der Waals surface area contributed by atoms with E-state index < -0.39 is 26.5 Å². The standard InChI is InChI=1S/C76H132NO8P/c1-6-8-10-12-14-16-18-20-22-24-26-28-30-32-34-36-38-40-42-44-46-48-50-52-54-56-58-60-62-64-66-68-75(78)82-72-74(73-84-86(80,81)83-71-70-77(3,4)5)85-76(79)69-67-65-63-61-59-57-55-53-51-49-47-45-43-41-39-37-35-33-31-29-27-25-23-21-19-17-15-13-11-9-7-2/h8-11,14-17,20-23,26-29,32-35,74H,6-7,12-13,18-19,24-25,30-31,36-73H2,1-5H3/p+1/b10-8-,11-9-,16-14-,17-15-,22-20-,23-21-,28-26-,29-27-,34-32-,35-33-. The third-order valence-corrected chi connectivity index (χ3v) is 16.0. The fraction of sp³-hybridized carbons (Fsp3) is 0.711. The van der Waals surface area contributed by atoms with E-state index in [1.54, 1.807) is 0 Å². The van der Waals surface area contributed by atoms with Crippen LogP contribution in [0, 0.1) is 0 Å². The number of rotatable bonds is 64. The Hall–Kier alpha value is -3.59. The number of allylic oxidation sites excluding steroid dienone is 20. The van der Waals surface area contributed by atoms with Gasteiger partial charge >= 0.3 is 19.8 Å². The van der Waals surface area contributed by atoms with Crippen LogP contribution in [0.4, 0.5) is 0 Å². The molecule has 0 rings (SSSR count). The Morgan fingerprint density at radius 1 is 0.360 bits per heavy atom. The van der Waals surface area contributed by atoms with Gasteiger partial charge in [0.05, 0.1) is 27.7 Å². The van der Waals surface area contributed by atoms with Crippen molar-refractivity contribution < 1.29 is 42.1 Å². The van der Waals surface area contributed by atoms with Gasteiger partial charge in [-0.3, -0.25) is 18.6 Å². The van der Waals surface area contributed by atoms with Crippen LogP contribution in [0.5, 0.6) is 0 Å². The highest BCUT2D eigenvalue weighted by molar-refractivity contribution is 7.47. The minimum atomic E-state index is -4.40. The van der Waals surface area contributed by atoms with Crippen molar-refractivity contribution in [1.29, 1.82) is 0 Å². The second kappa shape index (κ2) is 65.8. The lowest BCUT2D eigenvalue weighted by Gasteiger charge is -2.24. The number of hydrogen-bond acceptors (Lipinski definition) is 7. The number of unbranched alkanes of at least 4 members (excludes halogenated alkanes) is 30. The van der Waals surface area contributed by atoms with Crippen molar-refractivity contribution in [2.24, 2.45) is 0 Å². The Balaban J connectivity index is 4.05. The summed E-state index contributed by atoms with van der Waals surface area (Å²) in [5.74, 6) is -0.793. The van der Waals surface area contributed by atoms with Gasteiger partial charge in [-0.25, -0.2) is 4.57 Å². The number of esters is 2. The van der Waals surface area contributed by atoms with Gasteiger partial charge in [-0.15, -0.1) is 0 Å². The highest BCUT2D eigenvalue weighted by atomic mass is 31.2. The van der Waals surface area contributed by atoms with Crippen molar-refractivity contribution in [1.82, 2.24) is 0 Å². The first-order valence-electron chi connectivity index (χ1n) is 35.3. The van der Waals surface area contributed by atoms with E-state index in [1.165, 1.54) is 161 Å². The van der Waals surface area contributed by atoms with Gasteiger partial charge in [-0.2, -0.15) is 0 Å². The van der Waals surface area contributed by atoms with Crippen LogP contribution in [0.3, 0.4) is 0 Å². The number of carbonyl (C=O) groups excluding carboxylic acids is 2. The molecule has 494 valence electrons. The topological polar surface area (TPSA) is 108 Å². The summed E-state index contributed by atoms with van der Waals surface area (Å²) in [4.78, 5) is 35.9. The maximum Gasteiger partial charge on any atom is 0.472 e. The second-order valence-electron chi connectivity index (χ2n) is 24.5. The number of quaternary nitrogens is 1. The summed E-state index contributed by atoms with van der Waals surface area (Å²) in [6.45, 7) is 4.23. The van der Waals surface area contributed by atoms with Gasteiger partial charge in [0.2, 0.25) is 0 Å². The molecule has 0 aromatic rings. The zero-order valence-corrected chi connectivity index (χ0v) is 57.2. The Morgan fingerprint density at radius 2 is 0.628 bits per heavy atom. The van der Waals surface area contributed by atoms with Crippen molar-refractivity contribution in [2.45, 2.75) is 302 Å².